The first kappa shape index (κ1) is 19.5. The van der Waals surface area contributed by atoms with E-state index in [0.717, 1.165) is 22.4 Å². The fourth-order valence-corrected chi connectivity index (χ4v) is 3.70. The van der Waals surface area contributed by atoms with E-state index < -0.39 is 0 Å². The molecule has 3 aromatic rings. The Balaban J connectivity index is 2.09. The summed E-state index contributed by atoms with van der Waals surface area (Å²) in [6.45, 7) is 6.61. The number of amides is 1. The Morgan fingerprint density at radius 3 is 2.74 bits per heavy atom. The standard InChI is InChI=1S/C20H21ClN4OS/c1-4-22-18(26)12-27-20-24-23-19(15-6-5-7-16(21)11-15)25(20)17-10-13(2)8-9-14(17)3/h5-11H,4,12H2,1-3H3,(H,22,26). The number of carbonyl (C=O) groups excluding carboxylic acids is 1. The van der Waals surface area contributed by atoms with Crippen LogP contribution in [0, 0.1) is 13.8 Å². The van der Waals surface area contributed by atoms with Gasteiger partial charge in [-0.1, -0.05) is 47.6 Å². The lowest BCUT2D eigenvalue weighted by molar-refractivity contribution is -0.118. The van der Waals surface area contributed by atoms with Crippen molar-refractivity contribution in [3.8, 4) is 17.1 Å². The first-order valence-corrected chi connectivity index (χ1v) is 10.0. The first-order chi connectivity index (χ1) is 13.0. The molecule has 1 aromatic heterocycles. The zero-order valence-corrected chi connectivity index (χ0v) is 17.1. The highest BCUT2D eigenvalue weighted by Crippen LogP contribution is 2.30. The molecule has 3 rings (SSSR count). The molecule has 0 aliphatic rings. The highest BCUT2D eigenvalue weighted by molar-refractivity contribution is 7.99. The van der Waals surface area contributed by atoms with Crippen molar-refractivity contribution < 1.29 is 4.79 Å². The number of nitrogens with one attached hydrogen (secondary N) is 1. The van der Waals surface area contributed by atoms with Crippen LogP contribution < -0.4 is 5.32 Å². The Kier molecular flexibility index (Phi) is 6.19. The van der Waals surface area contributed by atoms with Crippen LogP contribution in [0.3, 0.4) is 0 Å². The highest BCUT2D eigenvalue weighted by atomic mass is 35.5. The highest BCUT2D eigenvalue weighted by Gasteiger charge is 2.18. The minimum atomic E-state index is -0.0256. The Hall–Kier alpha value is -2.31. The summed E-state index contributed by atoms with van der Waals surface area (Å²) in [5.41, 5.74) is 4.11. The van der Waals surface area contributed by atoms with Crippen LogP contribution >= 0.6 is 23.4 Å². The minimum Gasteiger partial charge on any atom is -0.356 e. The van der Waals surface area contributed by atoms with Crippen molar-refractivity contribution in [1.29, 1.82) is 0 Å². The Morgan fingerprint density at radius 1 is 1.19 bits per heavy atom. The second kappa shape index (κ2) is 8.59. The van der Waals surface area contributed by atoms with E-state index in [2.05, 4.69) is 40.6 Å². The van der Waals surface area contributed by atoms with Crippen LogP contribution in [-0.2, 0) is 4.79 Å². The van der Waals surface area contributed by atoms with Crippen molar-refractivity contribution in [3.63, 3.8) is 0 Å². The van der Waals surface area contributed by atoms with Crippen LogP contribution in [0.1, 0.15) is 18.1 Å². The van der Waals surface area contributed by atoms with Gasteiger partial charge in [-0.05, 0) is 50.1 Å². The minimum absolute atomic E-state index is 0.0256. The normalized spacial score (nSPS) is 10.8. The van der Waals surface area contributed by atoms with Crippen LogP contribution in [0.25, 0.3) is 17.1 Å². The Bertz CT molecular complexity index is 970. The molecular weight excluding hydrogens is 380 g/mol. The second-order valence-electron chi connectivity index (χ2n) is 6.18. The third kappa shape index (κ3) is 4.51. The molecule has 1 heterocycles. The quantitative estimate of drug-likeness (QED) is 0.621. The van der Waals surface area contributed by atoms with Gasteiger partial charge in [0.1, 0.15) is 0 Å². The third-order valence-electron chi connectivity index (χ3n) is 4.03. The lowest BCUT2D eigenvalue weighted by Gasteiger charge is -2.14. The Morgan fingerprint density at radius 2 is 2.00 bits per heavy atom. The van der Waals surface area contributed by atoms with Gasteiger partial charge in [-0.2, -0.15) is 0 Å². The number of benzene rings is 2. The van der Waals surface area contributed by atoms with Crippen molar-refractivity contribution in [2.24, 2.45) is 0 Å². The predicted molar refractivity (Wildman–Crippen MR) is 111 cm³/mol. The van der Waals surface area contributed by atoms with E-state index in [1.54, 1.807) is 0 Å². The fourth-order valence-electron chi connectivity index (χ4n) is 2.73. The first-order valence-electron chi connectivity index (χ1n) is 8.68. The van der Waals surface area contributed by atoms with Gasteiger partial charge in [0, 0.05) is 17.1 Å². The molecule has 1 amide bonds. The van der Waals surface area contributed by atoms with Gasteiger partial charge in [0.25, 0.3) is 0 Å². The lowest BCUT2D eigenvalue weighted by Crippen LogP contribution is -2.24. The number of hydrogen-bond acceptors (Lipinski definition) is 4. The van der Waals surface area contributed by atoms with E-state index >= 15 is 0 Å². The van der Waals surface area contributed by atoms with Crippen LogP contribution in [0.4, 0.5) is 0 Å². The van der Waals surface area contributed by atoms with E-state index in [9.17, 15) is 4.79 Å². The van der Waals surface area contributed by atoms with Gasteiger partial charge < -0.3 is 5.32 Å². The maximum absolute atomic E-state index is 11.9. The molecule has 0 aliphatic heterocycles. The van der Waals surface area contributed by atoms with Gasteiger partial charge in [0.05, 0.1) is 11.4 Å². The molecule has 2 aromatic carbocycles. The van der Waals surface area contributed by atoms with E-state index in [1.165, 1.54) is 11.8 Å². The molecule has 0 spiro atoms. The van der Waals surface area contributed by atoms with Crippen LogP contribution in [0.15, 0.2) is 47.6 Å². The van der Waals surface area contributed by atoms with Crippen molar-refractivity contribution in [3.05, 3.63) is 58.6 Å². The summed E-state index contributed by atoms with van der Waals surface area (Å²) in [4.78, 5) is 11.9. The summed E-state index contributed by atoms with van der Waals surface area (Å²) in [6, 6.07) is 13.8. The number of nitrogens with zero attached hydrogens (tertiary/aromatic N) is 3. The number of rotatable bonds is 6. The average Bonchev–Trinajstić information content (AvgIpc) is 3.06. The summed E-state index contributed by atoms with van der Waals surface area (Å²) in [7, 11) is 0. The molecule has 7 heteroatoms. The van der Waals surface area contributed by atoms with Crippen molar-refractivity contribution >= 4 is 29.3 Å². The van der Waals surface area contributed by atoms with Crippen LogP contribution in [0.5, 0.6) is 0 Å². The van der Waals surface area contributed by atoms with Crippen molar-refractivity contribution in [1.82, 2.24) is 20.1 Å². The van der Waals surface area contributed by atoms with Crippen molar-refractivity contribution in [2.45, 2.75) is 25.9 Å². The maximum Gasteiger partial charge on any atom is 0.230 e. The summed E-state index contributed by atoms with van der Waals surface area (Å²) in [5.74, 6) is 0.957. The summed E-state index contributed by atoms with van der Waals surface area (Å²) < 4.78 is 2.00. The molecule has 0 unspecified atom stereocenters. The van der Waals surface area contributed by atoms with E-state index in [-0.39, 0.29) is 11.7 Å². The fraction of sp³-hybridized carbons (Fsp3) is 0.250. The molecule has 0 bridgehead atoms. The van der Waals surface area contributed by atoms with Crippen LogP contribution in [0.2, 0.25) is 5.02 Å². The number of hydrogen-bond donors (Lipinski definition) is 1. The third-order valence-corrected chi connectivity index (χ3v) is 5.19. The van der Waals surface area contributed by atoms with Gasteiger partial charge in [-0.25, -0.2) is 0 Å². The molecule has 5 nitrogen and oxygen atoms in total. The van der Waals surface area contributed by atoms with Gasteiger partial charge in [0.2, 0.25) is 5.91 Å². The van der Waals surface area contributed by atoms with E-state index in [1.807, 2.05) is 42.7 Å². The van der Waals surface area contributed by atoms with E-state index in [4.69, 9.17) is 11.6 Å². The lowest BCUT2D eigenvalue weighted by atomic mass is 10.1. The van der Waals surface area contributed by atoms with Gasteiger partial charge in [-0.15, -0.1) is 10.2 Å². The molecule has 0 radical (unpaired) electrons. The largest absolute Gasteiger partial charge is 0.356 e. The molecule has 0 saturated heterocycles. The predicted octanol–water partition coefficient (Wildman–Crippen LogP) is 4.43. The van der Waals surface area contributed by atoms with Crippen molar-refractivity contribution in [2.75, 3.05) is 12.3 Å². The number of thioether (sulfide) groups is 1. The SMILES string of the molecule is CCNC(=O)CSc1nnc(-c2cccc(Cl)c2)n1-c1cc(C)ccc1C. The molecule has 1 N–H and O–H groups in total. The molecule has 140 valence electrons. The molecule has 0 atom stereocenters. The Labute approximate surface area is 168 Å². The van der Waals surface area contributed by atoms with Gasteiger partial charge in [0.15, 0.2) is 11.0 Å². The molecule has 0 saturated carbocycles. The molecular formula is C20H21ClN4OS. The number of halogens is 1. The zero-order chi connectivity index (χ0) is 19.4. The summed E-state index contributed by atoms with van der Waals surface area (Å²) in [6.07, 6.45) is 0. The van der Waals surface area contributed by atoms with Gasteiger partial charge in [-0.3, -0.25) is 9.36 Å². The average molecular weight is 401 g/mol. The topological polar surface area (TPSA) is 59.8 Å². The molecule has 0 aliphatic carbocycles. The maximum atomic E-state index is 11.9. The second-order valence-corrected chi connectivity index (χ2v) is 7.56. The van der Waals surface area contributed by atoms with E-state index in [0.29, 0.717) is 22.5 Å². The smallest absolute Gasteiger partial charge is 0.230 e. The number of aromatic nitrogens is 3. The number of aryl methyl sites for hydroxylation is 2. The molecule has 27 heavy (non-hydrogen) atoms. The summed E-state index contributed by atoms with van der Waals surface area (Å²) in [5, 5.41) is 12.9. The van der Waals surface area contributed by atoms with Crippen LogP contribution in [-0.4, -0.2) is 33.0 Å². The zero-order valence-electron chi connectivity index (χ0n) is 15.5. The molecule has 0 fully saturated rings. The monoisotopic (exact) mass is 400 g/mol. The summed E-state index contributed by atoms with van der Waals surface area (Å²) >= 11 is 7.55. The van der Waals surface area contributed by atoms with Gasteiger partial charge >= 0.3 is 0 Å². The number of carbonyl (C=O) groups is 1.